The van der Waals surface area contributed by atoms with Crippen LogP contribution < -0.4 is 11.5 Å². The van der Waals surface area contributed by atoms with Crippen molar-refractivity contribution in [3.05, 3.63) is 45.1 Å². The van der Waals surface area contributed by atoms with Gasteiger partial charge >= 0.3 is 5.92 Å². The lowest BCUT2D eigenvalue weighted by Crippen LogP contribution is -2.30. The highest BCUT2D eigenvalue weighted by atomic mass is 32.1. The maximum absolute atomic E-state index is 14.2. The van der Waals surface area contributed by atoms with Gasteiger partial charge in [0.15, 0.2) is 0 Å². The average molecular weight is 438 g/mol. The lowest BCUT2D eigenvalue weighted by molar-refractivity contribution is 0.0189. The van der Waals surface area contributed by atoms with E-state index in [1.54, 1.807) is 0 Å². The first kappa shape index (κ1) is 18.6. The highest BCUT2D eigenvalue weighted by Crippen LogP contribution is 2.51. The molecule has 0 bridgehead atoms. The molecule has 3 aromatic rings. The van der Waals surface area contributed by atoms with Crippen molar-refractivity contribution in [3.8, 4) is 19.5 Å². The summed E-state index contributed by atoms with van der Waals surface area (Å²) in [5.74, 6) is -8.70. The molecule has 0 unspecified atom stereocenters. The van der Waals surface area contributed by atoms with Crippen LogP contribution in [-0.4, -0.2) is 29.3 Å². The molecular weight excluding hydrogens is 430 g/mol. The summed E-state index contributed by atoms with van der Waals surface area (Å²) < 4.78 is 28.4. The zero-order valence-corrected chi connectivity index (χ0v) is 16.0. The minimum absolute atomic E-state index is 0.159. The third-order valence-electron chi connectivity index (χ3n) is 4.08. The van der Waals surface area contributed by atoms with Crippen LogP contribution in [-0.2, 0) is 0 Å². The fourth-order valence-corrected chi connectivity index (χ4v) is 6.06. The number of rotatable bonds is 4. The average Bonchev–Trinajstić information content (AvgIpc) is 3.37. The molecule has 6 nitrogen and oxygen atoms in total. The highest BCUT2D eigenvalue weighted by Gasteiger charge is 2.58. The maximum Gasteiger partial charge on any atom is 0.371 e. The monoisotopic (exact) mass is 438 g/mol. The number of fused-ring (bicyclic) bond motifs is 1. The molecule has 0 saturated heterocycles. The summed E-state index contributed by atoms with van der Waals surface area (Å²) in [5.41, 5.74) is 9.71. The Morgan fingerprint density at radius 2 is 1.14 bits per heavy atom. The lowest BCUT2D eigenvalue weighted by atomic mass is 10.1. The maximum atomic E-state index is 14.2. The summed E-state index contributed by atoms with van der Waals surface area (Å²) in [6.45, 7) is 0. The summed E-state index contributed by atoms with van der Waals surface area (Å²) in [6.07, 6.45) is 0. The first-order chi connectivity index (χ1) is 13.1. The molecule has 4 rings (SSSR count). The number of primary amides is 2. The van der Waals surface area contributed by atoms with Crippen LogP contribution in [0.1, 0.15) is 40.1 Å². The minimum atomic E-state index is -4.16. The molecule has 3 heterocycles. The molecule has 0 fully saturated rings. The molecule has 4 N–H and O–H groups in total. The molecule has 0 radical (unpaired) electrons. The van der Waals surface area contributed by atoms with Crippen molar-refractivity contribution in [2.24, 2.45) is 11.5 Å². The second-order valence-corrected chi connectivity index (χ2v) is 8.99. The lowest BCUT2D eigenvalue weighted by Gasteiger charge is -2.05. The number of ketones is 2. The second-order valence-electron chi connectivity index (χ2n) is 5.80. The van der Waals surface area contributed by atoms with E-state index in [-0.39, 0.29) is 30.6 Å². The van der Waals surface area contributed by atoms with Gasteiger partial charge in [0.25, 0.3) is 11.8 Å². The molecule has 11 heteroatoms. The van der Waals surface area contributed by atoms with Gasteiger partial charge in [-0.2, -0.15) is 8.78 Å². The van der Waals surface area contributed by atoms with Crippen molar-refractivity contribution in [2.45, 2.75) is 5.92 Å². The first-order valence-corrected chi connectivity index (χ1v) is 10.0. The Hall–Kier alpha value is -2.76. The predicted molar refractivity (Wildman–Crippen MR) is 102 cm³/mol. The van der Waals surface area contributed by atoms with Gasteiger partial charge in [0, 0.05) is 9.75 Å². The van der Waals surface area contributed by atoms with Gasteiger partial charge in [-0.15, -0.1) is 34.0 Å². The van der Waals surface area contributed by atoms with E-state index < -0.39 is 29.3 Å². The Bertz CT molecular complexity index is 1120. The van der Waals surface area contributed by atoms with Gasteiger partial charge in [-0.25, -0.2) is 0 Å². The number of nitrogens with two attached hydrogens (primary N) is 2. The van der Waals surface area contributed by atoms with Gasteiger partial charge < -0.3 is 11.5 Å². The molecule has 142 valence electrons. The molecule has 0 aliphatic heterocycles. The van der Waals surface area contributed by atoms with Crippen molar-refractivity contribution >= 4 is 57.4 Å². The van der Waals surface area contributed by atoms with Gasteiger partial charge in [-0.3, -0.25) is 19.2 Å². The van der Waals surface area contributed by atoms with Crippen LogP contribution in [0.25, 0.3) is 19.5 Å². The number of amides is 2. The standard InChI is InChI=1S/C17H8F2N2O4S3/c18-17(19)13(22)9-10(14(17)23)12(6-2-4-8(27-6)16(21)25)28-11(9)5-1-3-7(26-5)15(20)24/h1-4H,(H2,20,24)(H2,21,25). The molecule has 0 saturated carbocycles. The van der Waals surface area contributed by atoms with Crippen molar-refractivity contribution < 1.29 is 28.0 Å². The van der Waals surface area contributed by atoms with E-state index in [2.05, 4.69) is 0 Å². The van der Waals surface area contributed by atoms with Gasteiger partial charge in [0.2, 0.25) is 11.6 Å². The highest BCUT2D eigenvalue weighted by molar-refractivity contribution is 7.28. The summed E-state index contributed by atoms with van der Waals surface area (Å²) in [4.78, 5) is 48.7. The van der Waals surface area contributed by atoms with E-state index in [9.17, 15) is 28.0 Å². The normalized spacial score (nSPS) is 15.1. The second kappa shape index (κ2) is 6.12. The number of carbonyl (C=O) groups excluding carboxylic acids is 4. The number of carbonyl (C=O) groups is 4. The molecule has 0 atom stereocenters. The molecule has 3 aromatic heterocycles. The van der Waals surface area contributed by atoms with Crippen molar-refractivity contribution in [1.29, 1.82) is 0 Å². The van der Waals surface area contributed by atoms with E-state index in [0.29, 0.717) is 9.75 Å². The number of alkyl halides is 2. The minimum Gasteiger partial charge on any atom is -0.365 e. The van der Waals surface area contributed by atoms with E-state index in [1.165, 1.54) is 24.3 Å². The Balaban J connectivity index is 1.97. The molecular formula is C17H8F2N2O4S3. The van der Waals surface area contributed by atoms with Gasteiger partial charge in [-0.05, 0) is 24.3 Å². The molecule has 2 amide bonds. The fraction of sp³-hybridized carbons (Fsp3) is 0.0588. The van der Waals surface area contributed by atoms with Crippen LogP contribution in [0.4, 0.5) is 8.78 Å². The SMILES string of the molecule is NC(=O)c1ccc(-c2sc(-c3ccc(C(N)=O)s3)c3c2C(=O)C(F)(F)C3=O)s1. The van der Waals surface area contributed by atoms with E-state index >= 15 is 0 Å². The van der Waals surface area contributed by atoms with E-state index in [4.69, 9.17) is 11.5 Å². The molecule has 1 aliphatic carbocycles. The Morgan fingerprint density at radius 1 is 0.750 bits per heavy atom. The Kier molecular flexibility index (Phi) is 4.07. The molecule has 0 aromatic carbocycles. The Morgan fingerprint density at radius 3 is 1.46 bits per heavy atom. The van der Waals surface area contributed by atoms with Crippen molar-refractivity contribution in [1.82, 2.24) is 0 Å². The third-order valence-corrected chi connectivity index (χ3v) is 7.83. The summed E-state index contributed by atoms with van der Waals surface area (Å²) >= 11 is 2.85. The van der Waals surface area contributed by atoms with Crippen LogP contribution in [0.2, 0.25) is 0 Å². The van der Waals surface area contributed by atoms with Crippen LogP contribution in [0, 0.1) is 0 Å². The third kappa shape index (κ3) is 2.54. The van der Waals surface area contributed by atoms with Gasteiger partial charge in [-0.1, -0.05) is 0 Å². The fourth-order valence-electron chi connectivity index (χ4n) is 2.81. The largest absolute Gasteiger partial charge is 0.371 e. The van der Waals surface area contributed by atoms with Crippen LogP contribution in [0.3, 0.4) is 0 Å². The van der Waals surface area contributed by atoms with Gasteiger partial charge in [0.05, 0.1) is 30.6 Å². The first-order valence-electron chi connectivity index (χ1n) is 7.57. The van der Waals surface area contributed by atoms with Crippen LogP contribution in [0.5, 0.6) is 0 Å². The van der Waals surface area contributed by atoms with Crippen LogP contribution >= 0.6 is 34.0 Å². The molecule has 0 spiro atoms. The van der Waals surface area contributed by atoms with E-state index in [0.717, 1.165) is 34.0 Å². The smallest absolute Gasteiger partial charge is 0.365 e. The summed E-state index contributed by atoms with van der Waals surface area (Å²) in [7, 11) is 0. The molecule has 28 heavy (non-hydrogen) atoms. The summed E-state index contributed by atoms with van der Waals surface area (Å²) in [6, 6.07) is 5.81. The van der Waals surface area contributed by atoms with E-state index in [1.807, 2.05) is 0 Å². The zero-order valence-electron chi connectivity index (χ0n) is 13.6. The number of hydrogen-bond donors (Lipinski definition) is 2. The zero-order chi connectivity index (χ0) is 20.4. The Labute approximate surface area is 167 Å². The summed E-state index contributed by atoms with van der Waals surface area (Å²) in [5, 5.41) is 0. The quantitative estimate of drug-likeness (QED) is 0.606. The predicted octanol–water partition coefficient (Wildman–Crippen LogP) is 3.42. The number of Topliss-reactive ketones (excluding diaryl/α,β-unsaturated/α-hetero) is 2. The number of hydrogen-bond acceptors (Lipinski definition) is 7. The van der Waals surface area contributed by atoms with Crippen LogP contribution in [0.15, 0.2) is 24.3 Å². The topological polar surface area (TPSA) is 120 Å². The van der Waals surface area contributed by atoms with Gasteiger partial charge in [0.1, 0.15) is 0 Å². The van der Waals surface area contributed by atoms with Crippen molar-refractivity contribution in [3.63, 3.8) is 0 Å². The molecule has 1 aliphatic rings. The van der Waals surface area contributed by atoms with Crippen molar-refractivity contribution in [2.75, 3.05) is 0 Å². The number of halogens is 2. The number of thiophene rings is 3.